The molecule has 3 heteroatoms. The van der Waals surface area contributed by atoms with Crippen LogP contribution in [0.15, 0.2) is 48.5 Å². The number of amides is 1. The van der Waals surface area contributed by atoms with E-state index in [4.69, 9.17) is 4.74 Å². The molecule has 0 saturated carbocycles. The topological polar surface area (TPSA) is 38.3 Å². The van der Waals surface area contributed by atoms with Crippen molar-refractivity contribution in [1.29, 1.82) is 0 Å². The fourth-order valence-corrected chi connectivity index (χ4v) is 2.99. The maximum Gasteiger partial charge on any atom is 0.232 e. The molecule has 0 spiro atoms. The van der Waals surface area contributed by atoms with Crippen LogP contribution in [0.25, 0.3) is 0 Å². The summed E-state index contributed by atoms with van der Waals surface area (Å²) in [6.07, 6.45) is 3.02. The highest BCUT2D eigenvalue weighted by atomic mass is 16.5. The molecule has 0 aromatic heterocycles. The predicted octanol–water partition coefficient (Wildman–Crippen LogP) is 3.75. The van der Waals surface area contributed by atoms with E-state index in [1.165, 1.54) is 5.56 Å². The lowest BCUT2D eigenvalue weighted by atomic mass is 9.82. The molecule has 0 aliphatic heterocycles. The molecular weight excluding hydrogens is 262 g/mol. The number of nitrogens with one attached hydrogen (secondary N) is 1. The molecule has 1 unspecified atom stereocenters. The van der Waals surface area contributed by atoms with Gasteiger partial charge in [0.05, 0.1) is 18.7 Å². The van der Waals surface area contributed by atoms with Gasteiger partial charge >= 0.3 is 0 Å². The maximum atomic E-state index is 12.6. The molecule has 0 saturated heterocycles. The highest BCUT2D eigenvalue weighted by Crippen LogP contribution is 2.33. The second-order valence-electron chi connectivity index (χ2n) is 5.33. The Balaban J connectivity index is 1.84. The number of ether oxygens (including phenoxy) is 1. The number of hydrogen-bond donors (Lipinski definition) is 1. The van der Waals surface area contributed by atoms with Gasteiger partial charge in [0.1, 0.15) is 5.75 Å². The van der Waals surface area contributed by atoms with E-state index in [2.05, 4.69) is 17.4 Å². The number of carbonyl (C=O) groups excluding carboxylic acids is 1. The van der Waals surface area contributed by atoms with Gasteiger partial charge in [0.2, 0.25) is 5.91 Å². The summed E-state index contributed by atoms with van der Waals surface area (Å²) in [4.78, 5) is 12.6. The first-order valence-electron chi connectivity index (χ1n) is 7.31. The van der Waals surface area contributed by atoms with Crippen molar-refractivity contribution in [3.05, 3.63) is 59.7 Å². The van der Waals surface area contributed by atoms with Gasteiger partial charge in [-0.3, -0.25) is 4.79 Å². The highest BCUT2D eigenvalue weighted by molar-refractivity contribution is 5.97. The molecule has 3 rings (SSSR count). The molecule has 2 aromatic rings. The van der Waals surface area contributed by atoms with E-state index < -0.39 is 0 Å². The van der Waals surface area contributed by atoms with Crippen LogP contribution >= 0.6 is 0 Å². The zero-order valence-electron chi connectivity index (χ0n) is 12.1. The molecule has 0 bridgehead atoms. The highest BCUT2D eigenvalue weighted by Gasteiger charge is 2.26. The van der Waals surface area contributed by atoms with E-state index in [1.54, 1.807) is 7.11 Å². The first-order chi connectivity index (χ1) is 10.3. The van der Waals surface area contributed by atoms with E-state index in [1.807, 2.05) is 36.4 Å². The fraction of sp³-hybridized carbons (Fsp3) is 0.278. The zero-order chi connectivity index (χ0) is 14.7. The van der Waals surface area contributed by atoms with Gasteiger partial charge in [-0.15, -0.1) is 0 Å². The van der Waals surface area contributed by atoms with Crippen LogP contribution in [0, 0.1) is 0 Å². The average molecular weight is 281 g/mol. The van der Waals surface area contributed by atoms with E-state index in [-0.39, 0.29) is 11.8 Å². The van der Waals surface area contributed by atoms with Crippen molar-refractivity contribution in [2.24, 2.45) is 0 Å². The Morgan fingerprint density at radius 2 is 1.90 bits per heavy atom. The van der Waals surface area contributed by atoms with Gasteiger partial charge in [0.25, 0.3) is 0 Å². The summed E-state index contributed by atoms with van der Waals surface area (Å²) in [5, 5.41) is 3.01. The minimum absolute atomic E-state index is 0.0478. The molecular formula is C18H19NO2. The second kappa shape index (κ2) is 6.00. The minimum Gasteiger partial charge on any atom is -0.495 e. The molecule has 2 aromatic carbocycles. The molecule has 0 radical (unpaired) electrons. The van der Waals surface area contributed by atoms with Crippen LogP contribution in [0.4, 0.5) is 5.69 Å². The lowest BCUT2D eigenvalue weighted by Gasteiger charge is -2.25. The first-order valence-corrected chi connectivity index (χ1v) is 7.31. The van der Waals surface area contributed by atoms with Crippen LogP contribution in [-0.2, 0) is 11.2 Å². The molecule has 1 atom stereocenters. The van der Waals surface area contributed by atoms with Crippen molar-refractivity contribution in [2.75, 3.05) is 12.4 Å². The number of anilines is 1. The molecule has 108 valence electrons. The third-order valence-electron chi connectivity index (χ3n) is 4.05. The van der Waals surface area contributed by atoms with Crippen molar-refractivity contribution >= 4 is 11.6 Å². The molecule has 0 fully saturated rings. The maximum absolute atomic E-state index is 12.6. The quantitative estimate of drug-likeness (QED) is 0.930. The monoisotopic (exact) mass is 281 g/mol. The summed E-state index contributed by atoms with van der Waals surface area (Å²) >= 11 is 0. The lowest BCUT2D eigenvalue weighted by Crippen LogP contribution is -2.24. The number of aryl methyl sites for hydroxylation is 1. The third kappa shape index (κ3) is 2.77. The van der Waals surface area contributed by atoms with Gasteiger partial charge in [0, 0.05) is 0 Å². The van der Waals surface area contributed by atoms with Crippen LogP contribution in [0.3, 0.4) is 0 Å². The Morgan fingerprint density at radius 3 is 2.76 bits per heavy atom. The smallest absolute Gasteiger partial charge is 0.232 e. The van der Waals surface area contributed by atoms with Crippen molar-refractivity contribution < 1.29 is 9.53 Å². The Hall–Kier alpha value is -2.29. The van der Waals surface area contributed by atoms with Gasteiger partial charge in [-0.2, -0.15) is 0 Å². The Morgan fingerprint density at radius 1 is 1.14 bits per heavy atom. The van der Waals surface area contributed by atoms with Gasteiger partial charge in [-0.25, -0.2) is 0 Å². The summed E-state index contributed by atoms with van der Waals surface area (Å²) in [7, 11) is 1.61. The summed E-state index contributed by atoms with van der Waals surface area (Å²) in [5.74, 6) is 0.668. The number of carbonyl (C=O) groups is 1. The van der Waals surface area contributed by atoms with Gasteiger partial charge in [-0.05, 0) is 42.5 Å². The van der Waals surface area contributed by atoms with Gasteiger partial charge in [-0.1, -0.05) is 36.4 Å². The normalized spacial score (nSPS) is 16.9. The van der Waals surface area contributed by atoms with Crippen molar-refractivity contribution in [1.82, 2.24) is 0 Å². The lowest BCUT2D eigenvalue weighted by molar-refractivity contribution is -0.117. The Kier molecular flexibility index (Phi) is 3.91. The number of fused-ring (bicyclic) bond motifs is 1. The summed E-state index contributed by atoms with van der Waals surface area (Å²) in [5.41, 5.74) is 3.19. The fourth-order valence-electron chi connectivity index (χ4n) is 2.99. The van der Waals surface area contributed by atoms with Crippen molar-refractivity contribution in [3.8, 4) is 5.75 Å². The molecule has 1 amide bonds. The van der Waals surface area contributed by atoms with Crippen LogP contribution < -0.4 is 10.1 Å². The van der Waals surface area contributed by atoms with E-state index in [9.17, 15) is 4.79 Å². The van der Waals surface area contributed by atoms with E-state index >= 15 is 0 Å². The molecule has 1 aliphatic carbocycles. The van der Waals surface area contributed by atoms with Crippen LogP contribution in [-0.4, -0.2) is 13.0 Å². The van der Waals surface area contributed by atoms with Crippen molar-refractivity contribution in [3.63, 3.8) is 0 Å². The zero-order valence-corrected chi connectivity index (χ0v) is 12.1. The number of rotatable bonds is 3. The van der Waals surface area contributed by atoms with Gasteiger partial charge < -0.3 is 10.1 Å². The Labute approximate surface area is 124 Å². The van der Waals surface area contributed by atoms with Gasteiger partial charge in [0.15, 0.2) is 0 Å². The molecule has 3 nitrogen and oxygen atoms in total. The molecule has 0 heterocycles. The summed E-state index contributed by atoms with van der Waals surface area (Å²) < 4.78 is 5.29. The first kappa shape index (κ1) is 13.7. The SMILES string of the molecule is COc1ccccc1NC(=O)C1CCCc2ccccc21. The number of hydrogen-bond acceptors (Lipinski definition) is 2. The van der Waals surface area contributed by atoms with Crippen LogP contribution in [0.2, 0.25) is 0 Å². The third-order valence-corrected chi connectivity index (χ3v) is 4.05. The van der Waals surface area contributed by atoms with E-state index in [0.717, 1.165) is 30.5 Å². The van der Waals surface area contributed by atoms with Crippen LogP contribution in [0.5, 0.6) is 5.75 Å². The second-order valence-corrected chi connectivity index (χ2v) is 5.33. The van der Waals surface area contributed by atoms with E-state index in [0.29, 0.717) is 5.75 Å². The standard InChI is InChI=1S/C18H19NO2/c1-21-17-12-5-4-11-16(17)19-18(20)15-10-6-8-13-7-2-3-9-14(13)15/h2-5,7,9,11-12,15H,6,8,10H2,1H3,(H,19,20). The van der Waals surface area contributed by atoms with Crippen LogP contribution in [0.1, 0.15) is 29.9 Å². The molecule has 1 N–H and O–H groups in total. The Bertz CT molecular complexity index is 651. The summed E-state index contributed by atoms with van der Waals surface area (Å²) in [6, 6.07) is 15.7. The van der Waals surface area contributed by atoms with Crippen molar-refractivity contribution in [2.45, 2.75) is 25.2 Å². The predicted molar refractivity (Wildman–Crippen MR) is 83.7 cm³/mol. The minimum atomic E-state index is -0.0696. The molecule has 21 heavy (non-hydrogen) atoms. The number of methoxy groups -OCH3 is 1. The number of benzene rings is 2. The summed E-state index contributed by atoms with van der Waals surface area (Å²) in [6.45, 7) is 0. The molecule has 1 aliphatic rings. The number of para-hydroxylation sites is 2. The largest absolute Gasteiger partial charge is 0.495 e. The average Bonchev–Trinajstić information content (AvgIpc) is 2.54.